The molecule has 0 bridgehead atoms. The zero-order valence-electron chi connectivity index (χ0n) is 15.9. The summed E-state index contributed by atoms with van der Waals surface area (Å²) in [5.74, 6) is -0.351. The Balaban J connectivity index is 2.67. The second-order valence-electron chi connectivity index (χ2n) is 8.31. The highest BCUT2D eigenvalue weighted by Crippen LogP contribution is 2.39. The van der Waals surface area contributed by atoms with Crippen molar-refractivity contribution in [1.82, 2.24) is 16.2 Å². The average Bonchev–Trinajstić information content (AvgIpc) is 3.02. The fraction of sp³-hybridized carbons (Fsp3) is 0.938. The van der Waals surface area contributed by atoms with Gasteiger partial charge in [-0.3, -0.25) is 10.2 Å². The van der Waals surface area contributed by atoms with Crippen LogP contribution in [0.2, 0.25) is 0 Å². The molecular formula is C16H34N4O4. The molecule has 0 aromatic heterocycles. The summed E-state index contributed by atoms with van der Waals surface area (Å²) in [5, 5.41) is 12.9. The summed E-state index contributed by atoms with van der Waals surface area (Å²) in [7, 11) is 1.63. The van der Waals surface area contributed by atoms with Crippen LogP contribution in [-0.2, 0) is 14.3 Å². The molecule has 1 saturated carbocycles. The van der Waals surface area contributed by atoms with Gasteiger partial charge in [0.15, 0.2) is 0 Å². The van der Waals surface area contributed by atoms with E-state index in [2.05, 4.69) is 16.2 Å². The standard InChI is InChI=1S/C16H34N4O4/c1-14(2,3)23-9-10(12(21)20-18-7)19-13(22)16(17)8-11(16)24-15(4,5)6/h10-12,18,20-21H,8-9,17H2,1-7H3,(H,19,22)/t10-,11?,12?,16?/m0/s1. The minimum atomic E-state index is -1.06. The molecule has 3 unspecified atom stereocenters. The summed E-state index contributed by atoms with van der Waals surface area (Å²) in [6.45, 7) is 11.6. The van der Waals surface area contributed by atoms with Gasteiger partial charge < -0.3 is 25.6 Å². The third-order valence-corrected chi connectivity index (χ3v) is 3.54. The molecule has 24 heavy (non-hydrogen) atoms. The number of aliphatic hydroxyl groups is 1. The Labute approximate surface area is 144 Å². The maximum atomic E-state index is 12.5. The Morgan fingerprint density at radius 1 is 1.29 bits per heavy atom. The van der Waals surface area contributed by atoms with Gasteiger partial charge in [-0.1, -0.05) is 0 Å². The van der Waals surface area contributed by atoms with Gasteiger partial charge >= 0.3 is 0 Å². The molecule has 142 valence electrons. The average molecular weight is 346 g/mol. The van der Waals surface area contributed by atoms with Crippen molar-refractivity contribution in [2.45, 2.75) is 83.1 Å². The van der Waals surface area contributed by atoms with Crippen molar-refractivity contribution in [3.63, 3.8) is 0 Å². The molecule has 0 aromatic rings. The molecule has 8 nitrogen and oxygen atoms in total. The van der Waals surface area contributed by atoms with Crippen LogP contribution in [0.1, 0.15) is 48.0 Å². The molecule has 0 aromatic carbocycles. The van der Waals surface area contributed by atoms with E-state index in [1.54, 1.807) is 7.05 Å². The van der Waals surface area contributed by atoms with Crippen molar-refractivity contribution >= 4 is 5.91 Å². The predicted molar refractivity (Wildman–Crippen MR) is 92.0 cm³/mol. The fourth-order valence-corrected chi connectivity index (χ4v) is 2.16. The summed E-state index contributed by atoms with van der Waals surface area (Å²) in [6.07, 6.45) is -0.889. The first-order valence-electron chi connectivity index (χ1n) is 8.30. The number of nitrogens with one attached hydrogen (secondary N) is 3. The van der Waals surface area contributed by atoms with Crippen LogP contribution in [0.5, 0.6) is 0 Å². The minimum absolute atomic E-state index is 0.145. The third-order valence-electron chi connectivity index (χ3n) is 3.54. The van der Waals surface area contributed by atoms with Crippen molar-refractivity contribution in [3.05, 3.63) is 0 Å². The largest absolute Gasteiger partial charge is 0.375 e. The van der Waals surface area contributed by atoms with Crippen LogP contribution in [0.3, 0.4) is 0 Å². The lowest BCUT2D eigenvalue weighted by atomic mass is 10.1. The third kappa shape index (κ3) is 6.62. The van der Waals surface area contributed by atoms with E-state index in [0.717, 1.165) is 0 Å². The lowest BCUT2D eigenvalue weighted by Crippen LogP contribution is -2.59. The topological polar surface area (TPSA) is 118 Å². The normalized spacial score (nSPS) is 26.8. The zero-order chi connectivity index (χ0) is 18.8. The van der Waals surface area contributed by atoms with Crippen LogP contribution < -0.4 is 21.9 Å². The van der Waals surface area contributed by atoms with Gasteiger partial charge in [0, 0.05) is 6.42 Å². The van der Waals surface area contributed by atoms with Gasteiger partial charge in [0.05, 0.1) is 30.0 Å². The number of ether oxygens (including phenoxy) is 2. The molecule has 0 aliphatic heterocycles. The van der Waals surface area contributed by atoms with E-state index in [1.807, 2.05) is 41.5 Å². The molecule has 0 heterocycles. The van der Waals surface area contributed by atoms with Gasteiger partial charge in [0.1, 0.15) is 11.8 Å². The smallest absolute Gasteiger partial charge is 0.243 e. The fourth-order valence-electron chi connectivity index (χ4n) is 2.16. The maximum Gasteiger partial charge on any atom is 0.243 e. The number of hydrazine groups is 1. The Morgan fingerprint density at radius 2 is 1.88 bits per heavy atom. The van der Waals surface area contributed by atoms with Gasteiger partial charge in [0.2, 0.25) is 5.91 Å². The molecule has 0 radical (unpaired) electrons. The van der Waals surface area contributed by atoms with Crippen molar-refractivity contribution in [1.29, 1.82) is 0 Å². The van der Waals surface area contributed by atoms with Crippen LogP contribution in [0.25, 0.3) is 0 Å². The second-order valence-corrected chi connectivity index (χ2v) is 8.31. The van der Waals surface area contributed by atoms with Crippen LogP contribution in [0.15, 0.2) is 0 Å². The van der Waals surface area contributed by atoms with Gasteiger partial charge in [0.25, 0.3) is 0 Å². The van der Waals surface area contributed by atoms with Crippen LogP contribution in [-0.4, -0.2) is 59.8 Å². The molecule has 0 spiro atoms. The van der Waals surface area contributed by atoms with Crippen molar-refractivity contribution in [2.24, 2.45) is 5.73 Å². The number of carbonyl (C=O) groups is 1. The van der Waals surface area contributed by atoms with E-state index in [9.17, 15) is 9.90 Å². The Kier molecular flexibility index (Phi) is 6.77. The molecule has 8 heteroatoms. The highest BCUT2D eigenvalue weighted by atomic mass is 16.5. The molecule has 1 amide bonds. The van der Waals surface area contributed by atoms with Gasteiger partial charge in [-0.15, -0.1) is 0 Å². The first kappa shape index (κ1) is 21.3. The van der Waals surface area contributed by atoms with Gasteiger partial charge in [-0.25, -0.2) is 5.43 Å². The molecule has 1 aliphatic rings. The maximum absolute atomic E-state index is 12.5. The first-order valence-corrected chi connectivity index (χ1v) is 8.30. The van der Waals surface area contributed by atoms with Crippen molar-refractivity contribution in [2.75, 3.05) is 13.7 Å². The van der Waals surface area contributed by atoms with Gasteiger partial charge in [-0.05, 0) is 48.6 Å². The number of hydrogen-bond donors (Lipinski definition) is 5. The first-order chi connectivity index (χ1) is 10.8. The van der Waals surface area contributed by atoms with E-state index < -0.39 is 17.8 Å². The number of carbonyl (C=O) groups excluding carboxylic acids is 1. The van der Waals surface area contributed by atoms with Crippen LogP contribution in [0.4, 0.5) is 0 Å². The summed E-state index contributed by atoms with van der Waals surface area (Å²) in [5.41, 5.74) is 9.63. The van der Waals surface area contributed by atoms with E-state index >= 15 is 0 Å². The number of hydrogen-bond acceptors (Lipinski definition) is 7. The monoisotopic (exact) mass is 346 g/mol. The van der Waals surface area contributed by atoms with Crippen LogP contribution in [0, 0.1) is 0 Å². The second kappa shape index (κ2) is 7.63. The SMILES string of the molecule is CNNC(O)[C@H](COC(C)(C)C)NC(=O)C1(N)CC1OC(C)(C)C. The number of amides is 1. The lowest BCUT2D eigenvalue weighted by molar-refractivity contribution is -0.129. The Bertz CT molecular complexity index is 433. The Hall–Kier alpha value is -0.770. The highest BCUT2D eigenvalue weighted by molar-refractivity contribution is 5.90. The van der Waals surface area contributed by atoms with E-state index in [1.165, 1.54) is 0 Å². The van der Waals surface area contributed by atoms with E-state index in [4.69, 9.17) is 15.2 Å². The van der Waals surface area contributed by atoms with Crippen molar-refractivity contribution in [3.8, 4) is 0 Å². The summed E-state index contributed by atoms with van der Waals surface area (Å²) < 4.78 is 11.5. The molecular weight excluding hydrogens is 312 g/mol. The zero-order valence-corrected chi connectivity index (χ0v) is 15.9. The number of nitrogens with two attached hydrogens (primary N) is 1. The van der Waals surface area contributed by atoms with Crippen LogP contribution >= 0.6 is 0 Å². The van der Waals surface area contributed by atoms with Crippen molar-refractivity contribution < 1.29 is 19.4 Å². The molecule has 6 N–H and O–H groups in total. The lowest BCUT2D eigenvalue weighted by Gasteiger charge is -2.29. The summed E-state index contributed by atoms with van der Waals surface area (Å²) in [4.78, 5) is 12.5. The quantitative estimate of drug-likeness (QED) is 0.300. The van der Waals surface area contributed by atoms with E-state index in [0.29, 0.717) is 6.42 Å². The number of aliphatic hydroxyl groups excluding tert-OH is 1. The summed E-state index contributed by atoms with van der Waals surface area (Å²) >= 11 is 0. The Morgan fingerprint density at radius 3 is 2.33 bits per heavy atom. The minimum Gasteiger partial charge on any atom is -0.375 e. The number of rotatable bonds is 8. The van der Waals surface area contributed by atoms with E-state index in [-0.39, 0.29) is 29.8 Å². The predicted octanol–water partition coefficient (Wildman–Crippen LogP) is -0.386. The molecule has 1 rings (SSSR count). The summed E-state index contributed by atoms with van der Waals surface area (Å²) in [6, 6.07) is -0.652. The molecule has 1 aliphatic carbocycles. The molecule has 4 atom stereocenters. The molecule has 0 saturated heterocycles. The highest BCUT2D eigenvalue weighted by Gasteiger charge is 2.60. The van der Waals surface area contributed by atoms with Gasteiger partial charge in [-0.2, -0.15) is 0 Å². The molecule has 1 fully saturated rings.